The van der Waals surface area contributed by atoms with Crippen molar-refractivity contribution < 1.29 is 4.79 Å². The van der Waals surface area contributed by atoms with Crippen molar-refractivity contribution in [1.29, 1.82) is 0 Å². The Morgan fingerprint density at radius 2 is 1.90 bits per heavy atom. The molecule has 0 N–H and O–H groups in total. The lowest BCUT2D eigenvalue weighted by Crippen LogP contribution is -2.39. The average molecular weight is 428 g/mol. The van der Waals surface area contributed by atoms with E-state index in [9.17, 15) is 4.79 Å². The third-order valence-corrected chi connectivity index (χ3v) is 6.49. The van der Waals surface area contributed by atoms with E-state index in [1.165, 1.54) is 5.56 Å². The molecule has 0 radical (unpaired) electrons. The monoisotopic (exact) mass is 427 g/mol. The standard InChI is InChI=1S/C23H33N5OS/c1-7-18-11-10-12-20-21(18)24-23(30-20)27(14-13-26(8-2)9-3)22(29)19-15-17(6)25-28(19)16(4)5/h10-12,15-16H,7-9,13-14H2,1-6H3. The van der Waals surface area contributed by atoms with Crippen molar-refractivity contribution in [2.45, 2.75) is 54.0 Å². The Kier molecular flexibility index (Phi) is 7.26. The maximum Gasteiger partial charge on any atom is 0.278 e. The molecule has 3 rings (SSSR count). The van der Waals surface area contributed by atoms with Gasteiger partial charge in [-0.3, -0.25) is 14.4 Å². The number of benzene rings is 1. The van der Waals surface area contributed by atoms with Crippen molar-refractivity contribution in [3.8, 4) is 0 Å². The molecule has 0 aliphatic heterocycles. The normalized spacial score (nSPS) is 11.7. The lowest BCUT2D eigenvalue weighted by atomic mass is 10.1. The van der Waals surface area contributed by atoms with E-state index in [4.69, 9.17) is 4.98 Å². The second kappa shape index (κ2) is 9.71. The van der Waals surface area contributed by atoms with E-state index < -0.39 is 0 Å². The number of aryl methyl sites for hydroxylation is 2. The zero-order valence-electron chi connectivity index (χ0n) is 19.0. The number of aromatic nitrogens is 3. The van der Waals surface area contributed by atoms with Gasteiger partial charge in [-0.05, 0) is 58.0 Å². The van der Waals surface area contributed by atoms with Gasteiger partial charge in [-0.25, -0.2) is 4.98 Å². The van der Waals surface area contributed by atoms with Gasteiger partial charge in [0.1, 0.15) is 5.69 Å². The first-order chi connectivity index (χ1) is 14.4. The van der Waals surface area contributed by atoms with Crippen molar-refractivity contribution >= 4 is 32.6 Å². The Morgan fingerprint density at radius 3 is 2.53 bits per heavy atom. The maximum absolute atomic E-state index is 13.7. The highest BCUT2D eigenvalue weighted by Gasteiger charge is 2.26. The number of likely N-dealkylation sites (N-methyl/N-ethyl adjacent to an activating group) is 1. The summed E-state index contributed by atoms with van der Waals surface area (Å²) in [4.78, 5) is 22.8. The molecular weight excluding hydrogens is 394 g/mol. The zero-order chi connectivity index (χ0) is 21.8. The molecule has 30 heavy (non-hydrogen) atoms. The Labute approximate surface area is 183 Å². The predicted molar refractivity (Wildman–Crippen MR) is 126 cm³/mol. The van der Waals surface area contributed by atoms with Gasteiger partial charge < -0.3 is 4.90 Å². The fraction of sp³-hybridized carbons (Fsp3) is 0.522. The van der Waals surface area contributed by atoms with Crippen molar-refractivity contribution in [2.24, 2.45) is 0 Å². The smallest absolute Gasteiger partial charge is 0.278 e. The first kappa shape index (κ1) is 22.4. The van der Waals surface area contributed by atoms with Gasteiger partial charge in [0.05, 0.1) is 15.9 Å². The molecule has 0 fully saturated rings. The van der Waals surface area contributed by atoms with Gasteiger partial charge in [-0.2, -0.15) is 5.10 Å². The SMILES string of the molecule is CCc1cccc2sc(N(CCN(CC)CC)C(=O)c3cc(C)nn3C(C)C)nc12. The van der Waals surface area contributed by atoms with Crippen LogP contribution in [0.5, 0.6) is 0 Å². The first-order valence-electron chi connectivity index (χ1n) is 10.9. The molecule has 6 nitrogen and oxygen atoms in total. The molecule has 0 atom stereocenters. The summed E-state index contributed by atoms with van der Waals surface area (Å²) in [5.41, 5.74) is 3.70. The summed E-state index contributed by atoms with van der Waals surface area (Å²) in [5, 5.41) is 5.31. The molecule has 7 heteroatoms. The number of fused-ring (bicyclic) bond motifs is 1. The number of thiazole rings is 1. The number of rotatable bonds is 9. The number of hydrogen-bond donors (Lipinski definition) is 0. The maximum atomic E-state index is 13.7. The molecule has 1 aromatic carbocycles. The number of carbonyl (C=O) groups is 1. The van der Waals surface area contributed by atoms with Crippen molar-refractivity contribution in [3.05, 3.63) is 41.2 Å². The molecule has 1 amide bonds. The molecule has 162 valence electrons. The Balaban J connectivity index is 2.04. The number of nitrogens with zero attached hydrogens (tertiary/aromatic N) is 5. The van der Waals surface area contributed by atoms with Gasteiger partial charge in [-0.15, -0.1) is 0 Å². The van der Waals surface area contributed by atoms with Crippen LogP contribution >= 0.6 is 11.3 Å². The van der Waals surface area contributed by atoms with Crippen LogP contribution < -0.4 is 4.90 Å². The van der Waals surface area contributed by atoms with E-state index in [0.717, 1.165) is 47.1 Å². The van der Waals surface area contributed by atoms with Crippen molar-refractivity contribution in [3.63, 3.8) is 0 Å². The summed E-state index contributed by atoms with van der Waals surface area (Å²) in [6, 6.07) is 8.28. The van der Waals surface area contributed by atoms with Crippen molar-refractivity contribution in [1.82, 2.24) is 19.7 Å². The molecule has 0 saturated carbocycles. The van der Waals surface area contributed by atoms with Crippen LogP contribution in [-0.4, -0.2) is 51.8 Å². The minimum Gasteiger partial charge on any atom is -0.302 e. The average Bonchev–Trinajstić information content (AvgIpc) is 3.34. The second-order valence-corrected chi connectivity index (χ2v) is 8.82. The van der Waals surface area contributed by atoms with Gasteiger partial charge in [0.25, 0.3) is 5.91 Å². The summed E-state index contributed by atoms with van der Waals surface area (Å²) in [5.74, 6) is -0.0337. The van der Waals surface area contributed by atoms with Gasteiger partial charge >= 0.3 is 0 Å². The quantitative estimate of drug-likeness (QED) is 0.486. The summed E-state index contributed by atoms with van der Waals surface area (Å²) >= 11 is 1.59. The number of carbonyl (C=O) groups excluding carboxylic acids is 1. The van der Waals surface area contributed by atoms with Crippen LogP contribution in [0.2, 0.25) is 0 Å². The van der Waals surface area contributed by atoms with Crippen LogP contribution in [0, 0.1) is 6.92 Å². The fourth-order valence-corrected chi connectivity index (χ4v) is 4.71. The topological polar surface area (TPSA) is 54.3 Å². The third kappa shape index (κ3) is 4.57. The summed E-state index contributed by atoms with van der Waals surface area (Å²) in [7, 11) is 0. The molecule has 0 spiro atoms. The molecule has 0 unspecified atom stereocenters. The minimum atomic E-state index is -0.0337. The molecule has 0 aliphatic rings. The van der Waals surface area contributed by atoms with E-state index >= 15 is 0 Å². The van der Waals surface area contributed by atoms with E-state index in [2.05, 4.69) is 62.8 Å². The van der Waals surface area contributed by atoms with Crippen LogP contribution in [0.4, 0.5) is 5.13 Å². The minimum absolute atomic E-state index is 0.0337. The Hall–Kier alpha value is -2.25. The second-order valence-electron chi connectivity index (χ2n) is 7.81. The van der Waals surface area contributed by atoms with Crippen LogP contribution in [0.3, 0.4) is 0 Å². The number of para-hydroxylation sites is 1. The van der Waals surface area contributed by atoms with Crippen LogP contribution in [0.25, 0.3) is 10.2 Å². The fourth-order valence-electron chi connectivity index (χ4n) is 3.67. The summed E-state index contributed by atoms with van der Waals surface area (Å²) in [6.45, 7) is 15.8. The van der Waals surface area contributed by atoms with Crippen LogP contribution in [-0.2, 0) is 6.42 Å². The summed E-state index contributed by atoms with van der Waals surface area (Å²) in [6.07, 6.45) is 0.924. The molecule has 2 heterocycles. The lowest BCUT2D eigenvalue weighted by molar-refractivity contribution is 0.0971. The highest BCUT2D eigenvalue weighted by atomic mass is 32.1. The third-order valence-electron chi connectivity index (χ3n) is 5.45. The number of anilines is 1. The molecule has 0 aliphatic carbocycles. The molecule has 0 saturated heterocycles. The van der Waals surface area contributed by atoms with Crippen molar-refractivity contribution in [2.75, 3.05) is 31.1 Å². The molecule has 2 aromatic heterocycles. The Morgan fingerprint density at radius 1 is 1.17 bits per heavy atom. The highest BCUT2D eigenvalue weighted by Crippen LogP contribution is 2.32. The van der Waals surface area contributed by atoms with Gasteiger partial charge in [0, 0.05) is 19.1 Å². The number of hydrogen-bond acceptors (Lipinski definition) is 5. The largest absolute Gasteiger partial charge is 0.302 e. The van der Waals surface area contributed by atoms with Gasteiger partial charge in [0.2, 0.25) is 0 Å². The highest BCUT2D eigenvalue weighted by molar-refractivity contribution is 7.22. The lowest BCUT2D eigenvalue weighted by Gasteiger charge is -2.25. The van der Waals surface area contributed by atoms with Gasteiger partial charge in [0.15, 0.2) is 5.13 Å². The zero-order valence-corrected chi connectivity index (χ0v) is 19.8. The number of amides is 1. The van der Waals surface area contributed by atoms with E-state index in [1.807, 2.05) is 22.6 Å². The molecular formula is C23H33N5OS. The molecule has 0 bridgehead atoms. The molecule has 3 aromatic rings. The predicted octanol–water partition coefficient (Wildman–Crippen LogP) is 4.93. The summed E-state index contributed by atoms with van der Waals surface area (Å²) < 4.78 is 2.95. The van der Waals surface area contributed by atoms with Crippen LogP contribution in [0.15, 0.2) is 24.3 Å². The van der Waals surface area contributed by atoms with Crippen LogP contribution in [0.1, 0.15) is 62.4 Å². The first-order valence-corrected chi connectivity index (χ1v) is 11.7. The van der Waals surface area contributed by atoms with E-state index in [-0.39, 0.29) is 11.9 Å². The van der Waals surface area contributed by atoms with Gasteiger partial charge in [-0.1, -0.05) is 44.2 Å². The van der Waals surface area contributed by atoms with E-state index in [0.29, 0.717) is 12.2 Å². The van der Waals surface area contributed by atoms with E-state index in [1.54, 1.807) is 11.3 Å². The Bertz CT molecular complexity index is 1000.